The molecule has 1 saturated carbocycles. The lowest BCUT2D eigenvalue weighted by Crippen LogP contribution is -2.52. The minimum atomic E-state index is -0.750. The molecule has 8 heteroatoms. The largest absolute Gasteiger partial charge is 0.356 e. The monoisotopic (exact) mass is 450 g/mol. The summed E-state index contributed by atoms with van der Waals surface area (Å²) in [7, 11) is 0. The molecule has 2 saturated heterocycles. The molecular weight excluding hydrogens is 420 g/mol. The van der Waals surface area contributed by atoms with E-state index in [1.807, 2.05) is 31.2 Å². The summed E-state index contributed by atoms with van der Waals surface area (Å²) >= 11 is 0. The van der Waals surface area contributed by atoms with Gasteiger partial charge in [0.1, 0.15) is 18.0 Å². The number of aldehydes is 1. The highest BCUT2D eigenvalue weighted by atomic mass is 16.2. The van der Waals surface area contributed by atoms with Gasteiger partial charge in [-0.25, -0.2) is 0 Å². The van der Waals surface area contributed by atoms with Gasteiger partial charge in [0.05, 0.1) is 6.04 Å². The SMILES string of the molecule is Cc1ccc2cc(C(=O)N3C[C@H]4[C@@H]([C@H]3C(=O)N[C@H](C=O)C[C@@H]3CCNC3=O)C4(C)C)[nH]c2c1. The molecule has 8 nitrogen and oxygen atoms in total. The van der Waals surface area contributed by atoms with Crippen molar-refractivity contribution < 1.29 is 19.2 Å². The molecule has 2 aliphatic heterocycles. The number of rotatable bonds is 6. The summed E-state index contributed by atoms with van der Waals surface area (Å²) in [4.78, 5) is 55.3. The van der Waals surface area contributed by atoms with Crippen LogP contribution in [0.4, 0.5) is 0 Å². The standard InChI is InChI=1S/C25H30N4O4/c1-13-4-5-14-10-19(28-18(14)8-13)24(33)29-11-17-20(25(17,2)3)21(29)23(32)27-16(12-30)9-15-6-7-26-22(15)31/h4-5,8,10,12,15-17,20-21,28H,6-7,9,11H2,1-3H3,(H,26,31)(H,27,32)/t15-,16-,17-,20-,21-/m0/s1. The summed E-state index contributed by atoms with van der Waals surface area (Å²) < 4.78 is 0. The summed E-state index contributed by atoms with van der Waals surface area (Å²) in [6, 6.07) is 6.41. The molecule has 3 amide bonds. The Morgan fingerprint density at radius 2 is 2.09 bits per heavy atom. The van der Waals surface area contributed by atoms with Crippen LogP contribution in [0.5, 0.6) is 0 Å². The number of hydrogen-bond acceptors (Lipinski definition) is 4. The molecule has 0 spiro atoms. The van der Waals surface area contributed by atoms with Gasteiger partial charge in [-0.15, -0.1) is 0 Å². The van der Waals surface area contributed by atoms with Crippen LogP contribution in [0.2, 0.25) is 0 Å². The third-order valence-corrected chi connectivity index (χ3v) is 7.94. The second-order valence-corrected chi connectivity index (χ2v) is 10.4. The first-order valence-corrected chi connectivity index (χ1v) is 11.6. The van der Waals surface area contributed by atoms with E-state index in [1.54, 1.807) is 4.90 Å². The van der Waals surface area contributed by atoms with Crippen LogP contribution in [-0.4, -0.2) is 59.1 Å². The number of aromatic amines is 1. The van der Waals surface area contributed by atoms with E-state index in [-0.39, 0.29) is 47.3 Å². The van der Waals surface area contributed by atoms with Crippen molar-refractivity contribution in [2.24, 2.45) is 23.2 Å². The third kappa shape index (κ3) is 3.61. The van der Waals surface area contributed by atoms with E-state index in [1.165, 1.54) is 0 Å². The lowest BCUT2D eigenvalue weighted by atomic mass is 9.97. The maximum Gasteiger partial charge on any atom is 0.271 e. The molecule has 5 rings (SSSR count). The quantitative estimate of drug-likeness (QED) is 0.583. The molecule has 3 aliphatic rings. The van der Waals surface area contributed by atoms with Crippen LogP contribution in [0.15, 0.2) is 24.3 Å². The third-order valence-electron chi connectivity index (χ3n) is 7.94. The molecule has 0 radical (unpaired) electrons. The molecule has 3 N–H and O–H groups in total. The van der Waals surface area contributed by atoms with Crippen molar-refractivity contribution in [3.63, 3.8) is 0 Å². The molecule has 2 aromatic rings. The normalized spacial score (nSPS) is 28.3. The molecule has 1 aromatic carbocycles. The van der Waals surface area contributed by atoms with Gasteiger partial charge in [-0.05, 0) is 54.7 Å². The lowest BCUT2D eigenvalue weighted by molar-refractivity contribution is -0.129. The van der Waals surface area contributed by atoms with Gasteiger partial charge in [0, 0.05) is 29.9 Å². The fourth-order valence-corrected chi connectivity index (χ4v) is 5.90. The van der Waals surface area contributed by atoms with E-state index in [4.69, 9.17) is 0 Å². The van der Waals surface area contributed by atoms with Gasteiger partial charge in [-0.1, -0.05) is 26.0 Å². The summed E-state index contributed by atoms with van der Waals surface area (Å²) in [6.07, 6.45) is 1.63. The number of amides is 3. The number of aromatic nitrogens is 1. The Balaban J connectivity index is 1.36. The van der Waals surface area contributed by atoms with Gasteiger partial charge in [0.25, 0.3) is 5.91 Å². The number of hydrogen-bond donors (Lipinski definition) is 3. The predicted octanol–water partition coefficient (Wildman–Crippen LogP) is 1.78. The van der Waals surface area contributed by atoms with Crippen LogP contribution in [0.1, 0.15) is 42.7 Å². The maximum atomic E-state index is 13.5. The minimum absolute atomic E-state index is 0.0294. The minimum Gasteiger partial charge on any atom is -0.356 e. The smallest absolute Gasteiger partial charge is 0.271 e. The average Bonchev–Trinajstić information content (AvgIpc) is 3.28. The number of carbonyl (C=O) groups is 4. The molecule has 0 bridgehead atoms. The first-order valence-electron chi connectivity index (χ1n) is 11.6. The summed E-state index contributed by atoms with van der Waals surface area (Å²) in [5.41, 5.74) is 2.42. The fraction of sp³-hybridized carbons (Fsp3) is 0.520. The Bertz CT molecular complexity index is 1150. The molecule has 0 unspecified atom stereocenters. The second kappa shape index (κ2) is 7.71. The molecule has 1 aromatic heterocycles. The molecule has 174 valence electrons. The van der Waals surface area contributed by atoms with E-state index in [0.717, 1.165) is 16.5 Å². The van der Waals surface area contributed by atoms with E-state index in [0.29, 0.717) is 31.5 Å². The summed E-state index contributed by atoms with van der Waals surface area (Å²) in [5.74, 6) is -0.573. The molecule has 3 fully saturated rings. The highest BCUT2D eigenvalue weighted by Crippen LogP contribution is 2.65. The van der Waals surface area contributed by atoms with Crippen LogP contribution in [0, 0.1) is 30.1 Å². The van der Waals surface area contributed by atoms with Crippen LogP contribution in [0.25, 0.3) is 10.9 Å². The van der Waals surface area contributed by atoms with Crippen molar-refractivity contribution in [2.75, 3.05) is 13.1 Å². The second-order valence-electron chi connectivity index (χ2n) is 10.4. The first kappa shape index (κ1) is 21.7. The molecule has 1 aliphatic carbocycles. The lowest BCUT2D eigenvalue weighted by Gasteiger charge is -2.30. The number of aryl methyl sites for hydroxylation is 1. The Labute approximate surface area is 192 Å². The van der Waals surface area contributed by atoms with Gasteiger partial charge in [-0.2, -0.15) is 0 Å². The number of likely N-dealkylation sites (tertiary alicyclic amines) is 1. The highest BCUT2D eigenvalue weighted by Gasteiger charge is 2.69. The Morgan fingerprint density at radius 3 is 2.79 bits per heavy atom. The van der Waals surface area contributed by atoms with Crippen LogP contribution < -0.4 is 10.6 Å². The molecule has 5 atom stereocenters. The Morgan fingerprint density at radius 1 is 1.30 bits per heavy atom. The average molecular weight is 451 g/mol. The van der Waals surface area contributed by atoms with Gasteiger partial charge in [0.2, 0.25) is 11.8 Å². The number of nitrogens with zero attached hydrogens (tertiary/aromatic N) is 1. The zero-order chi connectivity index (χ0) is 23.5. The van der Waals surface area contributed by atoms with Gasteiger partial charge >= 0.3 is 0 Å². The fourth-order valence-electron chi connectivity index (χ4n) is 5.90. The van der Waals surface area contributed by atoms with Crippen molar-refractivity contribution in [1.29, 1.82) is 0 Å². The van der Waals surface area contributed by atoms with Crippen molar-refractivity contribution in [2.45, 2.75) is 45.7 Å². The number of fused-ring (bicyclic) bond motifs is 2. The number of H-pyrrole nitrogens is 1. The van der Waals surface area contributed by atoms with Crippen LogP contribution in [-0.2, 0) is 14.4 Å². The van der Waals surface area contributed by atoms with Crippen LogP contribution in [0.3, 0.4) is 0 Å². The van der Waals surface area contributed by atoms with E-state index in [2.05, 4.69) is 29.5 Å². The van der Waals surface area contributed by atoms with Gasteiger partial charge in [0.15, 0.2) is 0 Å². The zero-order valence-corrected chi connectivity index (χ0v) is 19.2. The number of nitrogens with one attached hydrogen (secondary N) is 3. The Kier molecular flexibility index (Phi) is 5.06. The van der Waals surface area contributed by atoms with Crippen LogP contribution >= 0.6 is 0 Å². The van der Waals surface area contributed by atoms with Gasteiger partial charge in [-0.3, -0.25) is 14.4 Å². The Hall–Kier alpha value is -3.16. The van der Waals surface area contributed by atoms with Crippen molar-refractivity contribution >= 4 is 34.9 Å². The number of piperidine rings is 1. The number of carbonyl (C=O) groups excluding carboxylic acids is 4. The van der Waals surface area contributed by atoms with E-state index < -0.39 is 12.1 Å². The highest BCUT2D eigenvalue weighted by molar-refractivity contribution is 6.01. The maximum absolute atomic E-state index is 13.5. The molecular formula is C25H30N4O4. The summed E-state index contributed by atoms with van der Waals surface area (Å²) in [5, 5.41) is 6.54. The van der Waals surface area contributed by atoms with Crippen molar-refractivity contribution in [3.05, 3.63) is 35.5 Å². The predicted molar refractivity (Wildman–Crippen MR) is 122 cm³/mol. The van der Waals surface area contributed by atoms with Gasteiger partial charge < -0.3 is 25.3 Å². The van der Waals surface area contributed by atoms with E-state index in [9.17, 15) is 19.2 Å². The first-order chi connectivity index (χ1) is 15.7. The van der Waals surface area contributed by atoms with E-state index >= 15 is 0 Å². The zero-order valence-electron chi connectivity index (χ0n) is 19.2. The summed E-state index contributed by atoms with van der Waals surface area (Å²) in [6.45, 7) is 7.35. The molecule has 3 heterocycles. The van der Waals surface area contributed by atoms with Crippen molar-refractivity contribution in [1.82, 2.24) is 20.5 Å². The van der Waals surface area contributed by atoms with Crippen molar-refractivity contribution in [3.8, 4) is 0 Å². The molecule has 33 heavy (non-hydrogen) atoms. The topological polar surface area (TPSA) is 111 Å². The number of benzene rings is 1.